The van der Waals surface area contributed by atoms with Gasteiger partial charge in [0.25, 0.3) is 0 Å². The van der Waals surface area contributed by atoms with Crippen molar-refractivity contribution in [2.24, 2.45) is 0 Å². The van der Waals surface area contributed by atoms with Crippen molar-refractivity contribution in [3.8, 4) is 5.75 Å². The van der Waals surface area contributed by atoms with Crippen molar-refractivity contribution < 1.29 is 9.84 Å². The zero-order valence-corrected chi connectivity index (χ0v) is 13.4. The second-order valence-electron chi connectivity index (χ2n) is 5.28. The molecule has 2 nitrogen and oxygen atoms in total. The van der Waals surface area contributed by atoms with Gasteiger partial charge >= 0.3 is 0 Å². The molecule has 0 radical (unpaired) electrons. The van der Waals surface area contributed by atoms with Gasteiger partial charge < -0.3 is 9.84 Å². The molecule has 0 aliphatic carbocycles. The summed E-state index contributed by atoms with van der Waals surface area (Å²) in [5.74, 6) is 0.789. The molecule has 112 valence electrons. The smallest absolute Gasteiger partial charge is 0.119 e. The van der Waals surface area contributed by atoms with Gasteiger partial charge in [-0.3, -0.25) is 0 Å². The number of benzene rings is 2. The maximum Gasteiger partial charge on any atom is 0.119 e. The monoisotopic (exact) mass is 304 g/mol. The van der Waals surface area contributed by atoms with E-state index in [2.05, 4.69) is 6.92 Å². The molecule has 1 atom stereocenters. The zero-order valence-electron chi connectivity index (χ0n) is 12.7. The Bertz CT molecular complexity index is 623. The Morgan fingerprint density at radius 2 is 1.90 bits per heavy atom. The van der Waals surface area contributed by atoms with E-state index >= 15 is 0 Å². The summed E-state index contributed by atoms with van der Waals surface area (Å²) >= 11 is 6.12. The third kappa shape index (κ3) is 3.78. The van der Waals surface area contributed by atoms with E-state index in [4.69, 9.17) is 16.3 Å². The van der Waals surface area contributed by atoms with Gasteiger partial charge in [-0.2, -0.15) is 0 Å². The molecule has 0 heterocycles. The van der Waals surface area contributed by atoms with E-state index in [1.165, 1.54) is 0 Å². The summed E-state index contributed by atoms with van der Waals surface area (Å²) in [7, 11) is 0. The van der Waals surface area contributed by atoms with Gasteiger partial charge in [-0.05, 0) is 60.7 Å². The van der Waals surface area contributed by atoms with Crippen molar-refractivity contribution in [2.75, 3.05) is 6.61 Å². The molecule has 0 fully saturated rings. The molecule has 0 saturated carbocycles. The van der Waals surface area contributed by atoms with Crippen LogP contribution in [-0.4, -0.2) is 11.7 Å². The summed E-state index contributed by atoms with van der Waals surface area (Å²) in [5.41, 5.74) is 3.66. The lowest BCUT2D eigenvalue weighted by molar-refractivity contribution is 0.218. The summed E-state index contributed by atoms with van der Waals surface area (Å²) in [6, 6.07) is 11.5. The van der Waals surface area contributed by atoms with E-state index in [1.807, 2.05) is 50.2 Å². The summed E-state index contributed by atoms with van der Waals surface area (Å²) in [6.07, 6.45) is 0.286. The van der Waals surface area contributed by atoms with Crippen molar-refractivity contribution in [3.63, 3.8) is 0 Å². The molecule has 21 heavy (non-hydrogen) atoms. The van der Waals surface area contributed by atoms with Crippen LogP contribution in [0.15, 0.2) is 36.4 Å². The fourth-order valence-electron chi connectivity index (χ4n) is 2.27. The Balaban J connectivity index is 2.31. The summed E-state index contributed by atoms with van der Waals surface area (Å²) in [4.78, 5) is 0. The second-order valence-corrected chi connectivity index (χ2v) is 5.69. The summed E-state index contributed by atoms with van der Waals surface area (Å²) in [6.45, 7) is 6.65. The van der Waals surface area contributed by atoms with E-state index in [-0.39, 0.29) is 0 Å². The number of aryl methyl sites for hydroxylation is 2. The first-order chi connectivity index (χ1) is 10.0. The predicted octanol–water partition coefficient (Wildman–Crippen LogP) is 4.83. The van der Waals surface area contributed by atoms with Crippen LogP contribution in [0.25, 0.3) is 0 Å². The molecular formula is C18H21ClO2. The molecule has 2 aromatic rings. The molecule has 2 rings (SSSR count). The van der Waals surface area contributed by atoms with Gasteiger partial charge in [0.1, 0.15) is 11.9 Å². The predicted molar refractivity (Wildman–Crippen MR) is 87.2 cm³/mol. The number of hydrogen-bond donors (Lipinski definition) is 1. The molecule has 3 heteroatoms. The van der Waals surface area contributed by atoms with Gasteiger partial charge in [-0.25, -0.2) is 0 Å². The van der Waals surface area contributed by atoms with Crippen molar-refractivity contribution >= 4 is 11.6 Å². The molecule has 1 N–H and O–H groups in total. The molecule has 2 aromatic carbocycles. The lowest BCUT2D eigenvalue weighted by Gasteiger charge is -2.17. The van der Waals surface area contributed by atoms with Crippen LogP contribution >= 0.6 is 11.6 Å². The molecule has 0 bridgehead atoms. The number of halogens is 1. The normalized spacial score (nSPS) is 12.2. The molecule has 0 amide bonds. The minimum absolute atomic E-state index is 0.675. The fraction of sp³-hybridized carbons (Fsp3) is 0.333. The first-order valence-electron chi connectivity index (χ1n) is 7.20. The average molecular weight is 305 g/mol. The fourth-order valence-corrected chi connectivity index (χ4v) is 2.49. The molecule has 0 spiro atoms. The number of rotatable bonds is 5. The van der Waals surface area contributed by atoms with Crippen molar-refractivity contribution in [1.82, 2.24) is 0 Å². The topological polar surface area (TPSA) is 29.5 Å². The molecule has 0 saturated heterocycles. The van der Waals surface area contributed by atoms with Gasteiger partial charge in [0.15, 0.2) is 0 Å². The SMILES string of the molecule is CCCOc1cccc(C(O)c2cc(C)c(Cl)cc2C)c1. The largest absolute Gasteiger partial charge is 0.494 e. The number of ether oxygens (including phenoxy) is 1. The third-order valence-corrected chi connectivity index (χ3v) is 3.90. The van der Waals surface area contributed by atoms with Crippen LogP contribution < -0.4 is 4.74 Å². The lowest BCUT2D eigenvalue weighted by atomic mass is 9.96. The summed E-state index contributed by atoms with van der Waals surface area (Å²) < 4.78 is 5.62. The van der Waals surface area contributed by atoms with E-state index in [0.717, 1.165) is 39.4 Å². The van der Waals surface area contributed by atoms with Crippen LogP contribution in [-0.2, 0) is 0 Å². The molecular weight excluding hydrogens is 284 g/mol. The number of aliphatic hydroxyl groups is 1. The second kappa shape index (κ2) is 6.97. The maximum absolute atomic E-state index is 10.6. The molecule has 0 aliphatic heterocycles. The van der Waals surface area contributed by atoms with Crippen molar-refractivity contribution in [1.29, 1.82) is 0 Å². The van der Waals surface area contributed by atoms with Gasteiger partial charge in [-0.1, -0.05) is 36.7 Å². The van der Waals surface area contributed by atoms with Crippen LogP contribution in [0.4, 0.5) is 0 Å². The van der Waals surface area contributed by atoms with Crippen molar-refractivity contribution in [3.05, 3.63) is 63.7 Å². The Morgan fingerprint density at radius 1 is 1.14 bits per heavy atom. The Labute approximate surface area is 131 Å². The average Bonchev–Trinajstić information content (AvgIpc) is 2.48. The minimum atomic E-state index is -0.675. The van der Waals surface area contributed by atoms with Gasteiger partial charge in [0.2, 0.25) is 0 Å². The number of aliphatic hydroxyl groups excluding tert-OH is 1. The van der Waals surface area contributed by atoms with Gasteiger partial charge in [0.05, 0.1) is 6.61 Å². The van der Waals surface area contributed by atoms with Crippen LogP contribution in [0.2, 0.25) is 5.02 Å². The number of hydrogen-bond acceptors (Lipinski definition) is 2. The Hall–Kier alpha value is -1.51. The first-order valence-corrected chi connectivity index (χ1v) is 7.58. The Morgan fingerprint density at radius 3 is 2.62 bits per heavy atom. The standard InChI is InChI=1S/C18H21ClO2/c1-4-8-21-15-7-5-6-14(11-15)18(20)16-9-13(3)17(19)10-12(16)2/h5-7,9-11,18,20H,4,8H2,1-3H3. The molecule has 0 aromatic heterocycles. The van der Waals surface area contributed by atoms with E-state index in [0.29, 0.717) is 6.61 Å². The third-order valence-electron chi connectivity index (χ3n) is 3.49. The molecule has 1 unspecified atom stereocenters. The van der Waals surface area contributed by atoms with Gasteiger partial charge in [0, 0.05) is 5.02 Å². The van der Waals surface area contributed by atoms with E-state index in [1.54, 1.807) is 0 Å². The highest BCUT2D eigenvalue weighted by Crippen LogP contribution is 2.30. The Kier molecular flexibility index (Phi) is 5.27. The summed E-state index contributed by atoms with van der Waals surface area (Å²) in [5, 5.41) is 11.4. The van der Waals surface area contributed by atoms with Gasteiger partial charge in [-0.15, -0.1) is 0 Å². The van der Waals surface area contributed by atoms with Crippen LogP contribution in [0.3, 0.4) is 0 Å². The van der Waals surface area contributed by atoms with E-state index < -0.39 is 6.10 Å². The molecule has 0 aliphatic rings. The highest BCUT2D eigenvalue weighted by Gasteiger charge is 2.15. The highest BCUT2D eigenvalue weighted by molar-refractivity contribution is 6.31. The first kappa shape index (κ1) is 15.9. The lowest BCUT2D eigenvalue weighted by Crippen LogP contribution is -2.04. The van der Waals surface area contributed by atoms with Crippen LogP contribution in [0.1, 0.15) is 41.7 Å². The minimum Gasteiger partial charge on any atom is -0.494 e. The quantitative estimate of drug-likeness (QED) is 0.857. The van der Waals surface area contributed by atoms with Crippen LogP contribution in [0, 0.1) is 13.8 Å². The van der Waals surface area contributed by atoms with Crippen molar-refractivity contribution in [2.45, 2.75) is 33.3 Å². The van der Waals surface area contributed by atoms with E-state index in [9.17, 15) is 5.11 Å². The highest BCUT2D eigenvalue weighted by atomic mass is 35.5. The maximum atomic E-state index is 10.6. The van der Waals surface area contributed by atoms with Crippen LogP contribution in [0.5, 0.6) is 5.75 Å². The zero-order chi connectivity index (χ0) is 15.4.